The van der Waals surface area contributed by atoms with Gasteiger partial charge in [0.25, 0.3) is 0 Å². The zero-order valence-corrected chi connectivity index (χ0v) is 16.4. The third-order valence-electron chi connectivity index (χ3n) is 6.43. The summed E-state index contributed by atoms with van der Waals surface area (Å²) in [6.45, 7) is 7.74. The van der Waals surface area contributed by atoms with Gasteiger partial charge in [-0.3, -0.25) is 9.69 Å². The molecule has 5 nitrogen and oxygen atoms in total. The predicted molar refractivity (Wildman–Crippen MR) is 104 cm³/mol. The molecule has 1 amide bonds. The average molecular weight is 367 g/mol. The fourth-order valence-corrected chi connectivity index (χ4v) is 4.59. The van der Waals surface area contributed by atoms with Gasteiger partial charge in [-0.15, -0.1) is 0 Å². The summed E-state index contributed by atoms with van der Waals surface area (Å²) in [6.07, 6.45) is 4.88. The van der Waals surface area contributed by atoms with Crippen LogP contribution in [0.5, 0.6) is 0 Å². The van der Waals surface area contributed by atoms with Crippen LogP contribution < -0.4 is 0 Å². The molecule has 0 N–H and O–H groups in total. The molecule has 2 saturated heterocycles. The third kappa shape index (κ3) is 3.65. The Kier molecular flexibility index (Phi) is 5.04. The number of carbonyl (C=O) groups is 1. The normalized spacial score (nSPS) is 22.8. The van der Waals surface area contributed by atoms with Gasteiger partial charge in [0.05, 0.1) is 5.69 Å². The van der Waals surface area contributed by atoms with Gasteiger partial charge in [-0.05, 0) is 45.1 Å². The predicted octanol–water partition coefficient (Wildman–Crippen LogP) is 3.49. The van der Waals surface area contributed by atoms with E-state index in [2.05, 4.69) is 27.1 Å². The smallest absolute Gasteiger partial charge is 0.222 e. The van der Waals surface area contributed by atoms with E-state index < -0.39 is 0 Å². The summed E-state index contributed by atoms with van der Waals surface area (Å²) in [7, 11) is 0. The van der Waals surface area contributed by atoms with E-state index >= 15 is 0 Å². The van der Waals surface area contributed by atoms with Crippen molar-refractivity contribution in [1.29, 1.82) is 0 Å². The number of likely N-dealkylation sites (tertiary alicyclic amines) is 2. The number of aromatic nitrogens is 1. The highest BCUT2D eigenvalue weighted by Crippen LogP contribution is 2.40. The van der Waals surface area contributed by atoms with Crippen molar-refractivity contribution >= 4 is 5.91 Å². The van der Waals surface area contributed by atoms with Gasteiger partial charge in [-0.1, -0.05) is 35.5 Å². The van der Waals surface area contributed by atoms with Crippen LogP contribution in [0.1, 0.15) is 48.3 Å². The molecule has 0 saturated carbocycles. The molecule has 0 radical (unpaired) electrons. The molecule has 2 aliphatic heterocycles. The molecule has 1 aromatic heterocycles. The number of rotatable bonds is 5. The van der Waals surface area contributed by atoms with E-state index in [4.69, 9.17) is 4.52 Å². The minimum Gasteiger partial charge on any atom is -0.361 e. The maximum atomic E-state index is 12.8. The fourth-order valence-electron chi connectivity index (χ4n) is 4.59. The van der Waals surface area contributed by atoms with Crippen LogP contribution in [0.15, 0.2) is 34.9 Å². The standard InChI is InChI=1S/C22H29N3O2/c1-17-20(18(2)27-23-17)15-25-14-12-22(25)11-6-13-24(16-22)21(26)10-9-19-7-4-3-5-8-19/h3-5,7-8H,6,9-16H2,1-2H3/t22-/m0/s1. The Balaban J connectivity index is 1.38. The van der Waals surface area contributed by atoms with Crippen molar-refractivity contribution in [2.75, 3.05) is 19.6 Å². The van der Waals surface area contributed by atoms with Crippen LogP contribution in [0.25, 0.3) is 0 Å². The molecule has 2 fully saturated rings. The molecule has 4 rings (SSSR count). The summed E-state index contributed by atoms with van der Waals surface area (Å²) in [5.41, 5.74) is 3.58. The SMILES string of the molecule is Cc1noc(C)c1CN1CC[C@]12CCCN(C(=O)CCc1ccccc1)C2. The zero-order chi connectivity index (χ0) is 18.9. The number of piperidine rings is 1. The molecular weight excluding hydrogens is 338 g/mol. The van der Waals surface area contributed by atoms with Gasteiger partial charge in [0.2, 0.25) is 5.91 Å². The molecule has 144 valence electrons. The summed E-state index contributed by atoms with van der Waals surface area (Å²) in [5, 5.41) is 4.09. The van der Waals surface area contributed by atoms with E-state index in [1.165, 1.54) is 24.0 Å². The van der Waals surface area contributed by atoms with Crippen LogP contribution in [-0.2, 0) is 17.8 Å². The van der Waals surface area contributed by atoms with Gasteiger partial charge < -0.3 is 9.42 Å². The van der Waals surface area contributed by atoms with Crippen LogP contribution in [-0.4, -0.2) is 46.0 Å². The molecule has 0 bridgehead atoms. The van der Waals surface area contributed by atoms with E-state index in [0.29, 0.717) is 12.3 Å². The van der Waals surface area contributed by atoms with Crippen molar-refractivity contribution in [2.45, 2.75) is 58.0 Å². The lowest BCUT2D eigenvalue weighted by molar-refractivity contribution is -0.140. The first kappa shape index (κ1) is 18.2. The Morgan fingerprint density at radius 3 is 2.67 bits per heavy atom. The first-order chi connectivity index (χ1) is 13.1. The lowest BCUT2D eigenvalue weighted by Gasteiger charge is -2.57. The zero-order valence-electron chi connectivity index (χ0n) is 16.4. The molecule has 0 aliphatic carbocycles. The summed E-state index contributed by atoms with van der Waals surface area (Å²) >= 11 is 0. The topological polar surface area (TPSA) is 49.6 Å². The summed E-state index contributed by atoms with van der Waals surface area (Å²) in [4.78, 5) is 17.5. The summed E-state index contributed by atoms with van der Waals surface area (Å²) in [5.74, 6) is 1.21. The van der Waals surface area contributed by atoms with E-state index in [9.17, 15) is 4.79 Å². The number of amides is 1. The van der Waals surface area contributed by atoms with Gasteiger partial charge in [-0.25, -0.2) is 0 Å². The van der Waals surface area contributed by atoms with Crippen LogP contribution in [0.4, 0.5) is 0 Å². The van der Waals surface area contributed by atoms with E-state index in [1.807, 2.05) is 32.0 Å². The molecule has 27 heavy (non-hydrogen) atoms. The summed E-state index contributed by atoms with van der Waals surface area (Å²) in [6, 6.07) is 10.3. The average Bonchev–Trinajstić information content (AvgIpc) is 3.02. The van der Waals surface area contributed by atoms with Crippen LogP contribution in [0.2, 0.25) is 0 Å². The molecule has 1 aromatic carbocycles. The Morgan fingerprint density at radius 1 is 1.19 bits per heavy atom. The quantitative estimate of drug-likeness (QED) is 0.812. The van der Waals surface area contributed by atoms with E-state index in [-0.39, 0.29) is 5.54 Å². The molecule has 2 aromatic rings. The van der Waals surface area contributed by atoms with Gasteiger partial charge in [0, 0.05) is 43.7 Å². The molecule has 5 heteroatoms. The van der Waals surface area contributed by atoms with E-state index in [0.717, 1.165) is 50.5 Å². The number of hydrogen-bond acceptors (Lipinski definition) is 4. The van der Waals surface area contributed by atoms with Crippen molar-refractivity contribution < 1.29 is 9.32 Å². The largest absolute Gasteiger partial charge is 0.361 e. The Labute approximate surface area is 161 Å². The molecule has 1 spiro atoms. The second-order valence-corrected chi connectivity index (χ2v) is 8.10. The van der Waals surface area contributed by atoms with Crippen LogP contribution in [0, 0.1) is 13.8 Å². The number of nitrogens with zero attached hydrogens (tertiary/aromatic N) is 3. The van der Waals surface area contributed by atoms with Gasteiger partial charge >= 0.3 is 0 Å². The first-order valence-corrected chi connectivity index (χ1v) is 10.1. The highest BCUT2D eigenvalue weighted by atomic mass is 16.5. The van der Waals surface area contributed by atoms with Gasteiger partial charge in [-0.2, -0.15) is 0 Å². The van der Waals surface area contributed by atoms with Crippen molar-refractivity contribution in [3.05, 3.63) is 52.9 Å². The van der Waals surface area contributed by atoms with E-state index in [1.54, 1.807) is 0 Å². The second-order valence-electron chi connectivity index (χ2n) is 8.10. The maximum Gasteiger partial charge on any atom is 0.222 e. The Hall–Kier alpha value is -2.14. The number of hydrogen-bond donors (Lipinski definition) is 0. The molecule has 1 atom stereocenters. The monoisotopic (exact) mass is 367 g/mol. The lowest BCUT2D eigenvalue weighted by atomic mass is 9.77. The van der Waals surface area contributed by atoms with Crippen LogP contribution >= 0.6 is 0 Å². The minimum absolute atomic E-state index is 0.150. The summed E-state index contributed by atoms with van der Waals surface area (Å²) < 4.78 is 5.33. The highest BCUT2D eigenvalue weighted by molar-refractivity contribution is 5.76. The number of benzene rings is 1. The first-order valence-electron chi connectivity index (χ1n) is 10.1. The van der Waals surface area contributed by atoms with Crippen molar-refractivity contribution in [1.82, 2.24) is 15.0 Å². The second kappa shape index (κ2) is 7.47. The Morgan fingerprint density at radius 2 is 2.00 bits per heavy atom. The Bertz CT molecular complexity index is 782. The lowest BCUT2D eigenvalue weighted by Crippen LogP contribution is -2.67. The highest BCUT2D eigenvalue weighted by Gasteiger charge is 2.48. The molecule has 0 unspecified atom stereocenters. The third-order valence-corrected chi connectivity index (χ3v) is 6.43. The van der Waals surface area contributed by atoms with Crippen molar-refractivity contribution in [2.24, 2.45) is 0 Å². The molecular formula is C22H29N3O2. The minimum atomic E-state index is 0.150. The van der Waals surface area contributed by atoms with Crippen molar-refractivity contribution in [3.63, 3.8) is 0 Å². The fraction of sp³-hybridized carbons (Fsp3) is 0.545. The maximum absolute atomic E-state index is 12.8. The van der Waals surface area contributed by atoms with Crippen LogP contribution in [0.3, 0.4) is 0 Å². The van der Waals surface area contributed by atoms with Gasteiger partial charge in [0.1, 0.15) is 5.76 Å². The van der Waals surface area contributed by atoms with Gasteiger partial charge in [0.15, 0.2) is 0 Å². The molecule has 3 heterocycles. The number of carbonyl (C=O) groups excluding carboxylic acids is 1. The number of aryl methyl sites for hydroxylation is 3. The molecule has 2 aliphatic rings. The van der Waals surface area contributed by atoms with Crippen molar-refractivity contribution in [3.8, 4) is 0 Å².